The molecule has 0 N–H and O–H groups in total. The number of rotatable bonds is 3. The second-order valence-electron chi connectivity index (χ2n) is 5.55. The highest BCUT2D eigenvalue weighted by atomic mass is 32.1. The number of amides is 1. The summed E-state index contributed by atoms with van der Waals surface area (Å²) >= 11 is 1.43. The molecule has 3 aromatic rings. The average molecular weight is 328 g/mol. The van der Waals surface area contributed by atoms with Crippen LogP contribution in [-0.2, 0) is 0 Å². The lowest BCUT2D eigenvalue weighted by atomic mass is 10.1. The quantitative estimate of drug-likeness (QED) is 0.741. The van der Waals surface area contributed by atoms with Crippen LogP contribution in [0.3, 0.4) is 0 Å². The Morgan fingerprint density at radius 1 is 1.39 bits per heavy atom. The van der Waals surface area contributed by atoms with Gasteiger partial charge in [0.05, 0.1) is 12.3 Å². The molecule has 0 spiro atoms. The predicted molar refractivity (Wildman–Crippen MR) is 86.2 cm³/mol. The van der Waals surface area contributed by atoms with Crippen LogP contribution in [-0.4, -0.2) is 38.7 Å². The summed E-state index contributed by atoms with van der Waals surface area (Å²) in [5, 5.41) is 6.84. The topological polar surface area (TPSA) is 64.2 Å². The van der Waals surface area contributed by atoms with E-state index in [1.54, 1.807) is 17.8 Å². The van der Waals surface area contributed by atoms with Crippen LogP contribution in [0.15, 0.2) is 46.7 Å². The normalized spacial score (nSPS) is 18.3. The zero-order valence-electron chi connectivity index (χ0n) is 12.5. The molecule has 118 valence electrons. The van der Waals surface area contributed by atoms with Gasteiger partial charge in [-0.05, 0) is 31.0 Å². The van der Waals surface area contributed by atoms with Gasteiger partial charge in [0, 0.05) is 30.9 Å². The molecule has 1 fully saturated rings. The van der Waals surface area contributed by atoms with Crippen molar-refractivity contribution in [2.24, 2.45) is 0 Å². The van der Waals surface area contributed by atoms with Crippen molar-refractivity contribution in [3.63, 3.8) is 0 Å². The molecular formula is C16H16N4O2S. The molecule has 4 rings (SSSR count). The summed E-state index contributed by atoms with van der Waals surface area (Å²) in [6.45, 7) is 1.44. The van der Waals surface area contributed by atoms with E-state index in [4.69, 9.17) is 4.42 Å². The molecule has 1 aliphatic heterocycles. The number of likely N-dealkylation sites (tertiary alicyclic amines) is 1. The number of carbonyl (C=O) groups excluding carboxylic acids is 1. The molecule has 0 unspecified atom stereocenters. The zero-order chi connectivity index (χ0) is 15.6. The monoisotopic (exact) mass is 328 g/mol. The Morgan fingerprint density at radius 3 is 3.13 bits per heavy atom. The number of piperidine rings is 1. The summed E-state index contributed by atoms with van der Waals surface area (Å²) in [6, 6.07) is 5.82. The van der Waals surface area contributed by atoms with Crippen molar-refractivity contribution in [2.45, 2.75) is 18.9 Å². The van der Waals surface area contributed by atoms with E-state index in [0.29, 0.717) is 18.0 Å². The standard InChI is InChI=1S/C16H16N4O2S/c21-16(13-11-23-15(18-13)14-5-2-9-22-14)19-7-1-4-12(10-19)20-8-3-6-17-20/h2-3,5-6,8-9,11-12H,1,4,7,10H2/t12-/m1/s1. The van der Waals surface area contributed by atoms with Crippen molar-refractivity contribution >= 4 is 17.2 Å². The maximum absolute atomic E-state index is 12.7. The summed E-state index contributed by atoms with van der Waals surface area (Å²) in [7, 11) is 0. The van der Waals surface area contributed by atoms with Crippen LogP contribution in [0, 0.1) is 0 Å². The minimum atomic E-state index is -0.0177. The molecule has 1 aliphatic rings. The number of furan rings is 1. The molecule has 6 nitrogen and oxygen atoms in total. The fourth-order valence-electron chi connectivity index (χ4n) is 2.90. The van der Waals surface area contributed by atoms with Crippen LogP contribution in [0.25, 0.3) is 10.8 Å². The fourth-order valence-corrected chi connectivity index (χ4v) is 3.66. The summed E-state index contributed by atoms with van der Waals surface area (Å²) in [5.41, 5.74) is 0.488. The fraction of sp³-hybridized carbons (Fsp3) is 0.312. The second kappa shape index (κ2) is 6.00. The predicted octanol–water partition coefficient (Wildman–Crippen LogP) is 3.08. The van der Waals surface area contributed by atoms with Crippen LogP contribution in [0.5, 0.6) is 0 Å². The minimum Gasteiger partial charge on any atom is -0.462 e. The second-order valence-corrected chi connectivity index (χ2v) is 6.41. The third-order valence-corrected chi connectivity index (χ3v) is 4.89. The van der Waals surface area contributed by atoms with E-state index in [-0.39, 0.29) is 11.9 Å². The molecule has 1 atom stereocenters. The van der Waals surface area contributed by atoms with Crippen molar-refractivity contribution in [1.82, 2.24) is 19.7 Å². The number of thiazole rings is 1. The molecule has 0 bridgehead atoms. The van der Waals surface area contributed by atoms with E-state index in [0.717, 1.165) is 24.4 Å². The van der Waals surface area contributed by atoms with Gasteiger partial charge in [-0.2, -0.15) is 5.10 Å². The van der Waals surface area contributed by atoms with Gasteiger partial charge in [-0.15, -0.1) is 11.3 Å². The lowest BCUT2D eigenvalue weighted by Crippen LogP contribution is -2.41. The Kier molecular flexibility index (Phi) is 3.70. The average Bonchev–Trinajstić information content (AvgIpc) is 3.36. The highest BCUT2D eigenvalue weighted by Gasteiger charge is 2.27. The molecule has 0 saturated carbocycles. The van der Waals surface area contributed by atoms with Gasteiger partial charge in [-0.25, -0.2) is 4.98 Å². The first-order chi connectivity index (χ1) is 11.3. The number of aromatic nitrogens is 3. The minimum absolute atomic E-state index is 0.0177. The highest BCUT2D eigenvalue weighted by Crippen LogP contribution is 2.26. The lowest BCUT2D eigenvalue weighted by molar-refractivity contribution is 0.0668. The van der Waals surface area contributed by atoms with Crippen LogP contribution in [0.4, 0.5) is 0 Å². The molecule has 0 radical (unpaired) electrons. The first-order valence-electron chi connectivity index (χ1n) is 7.59. The van der Waals surface area contributed by atoms with Crippen LogP contribution >= 0.6 is 11.3 Å². The Bertz CT molecular complexity index is 779. The first kappa shape index (κ1) is 14.2. The molecule has 1 saturated heterocycles. The molecule has 1 amide bonds. The summed E-state index contributed by atoms with van der Waals surface area (Å²) in [4.78, 5) is 19.0. The van der Waals surface area contributed by atoms with E-state index in [9.17, 15) is 4.79 Å². The van der Waals surface area contributed by atoms with Crippen LogP contribution in [0.2, 0.25) is 0 Å². The summed E-state index contributed by atoms with van der Waals surface area (Å²) < 4.78 is 7.27. The van der Waals surface area contributed by atoms with Gasteiger partial charge >= 0.3 is 0 Å². The van der Waals surface area contributed by atoms with E-state index in [2.05, 4.69) is 10.1 Å². The van der Waals surface area contributed by atoms with Gasteiger partial charge in [-0.1, -0.05) is 0 Å². The van der Waals surface area contributed by atoms with Gasteiger partial charge in [0.2, 0.25) is 0 Å². The zero-order valence-corrected chi connectivity index (χ0v) is 13.3. The van der Waals surface area contributed by atoms with Gasteiger partial charge in [0.15, 0.2) is 10.8 Å². The largest absolute Gasteiger partial charge is 0.462 e. The van der Waals surface area contributed by atoms with Gasteiger partial charge in [0.25, 0.3) is 5.91 Å². The first-order valence-corrected chi connectivity index (χ1v) is 8.47. The highest BCUT2D eigenvalue weighted by molar-refractivity contribution is 7.13. The Morgan fingerprint density at radius 2 is 2.35 bits per heavy atom. The maximum atomic E-state index is 12.7. The van der Waals surface area contributed by atoms with E-state index >= 15 is 0 Å². The SMILES string of the molecule is O=C(c1csc(-c2ccco2)n1)N1CCC[C@@H](n2cccn2)C1. The number of hydrogen-bond acceptors (Lipinski definition) is 5. The van der Waals surface area contributed by atoms with Gasteiger partial charge < -0.3 is 9.32 Å². The van der Waals surface area contributed by atoms with Crippen LogP contribution in [0.1, 0.15) is 29.4 Å². The van der Waals surface area contributed by atoms with Gasteiger partial charge in [-0.3, -0.25) is 9.48 Å². The molecule has 0 aromatic carbocycles. The molecule has 0 aliphatic carbocycles. The van der Waals surface area contributed by atoms with Gasteiger partial charge in [0.1, 0.15) is 5.69 Å². The van der Waals surface area contributed by atoms with E-state index in [1.165, 1.54) is 11.3 Å². The van der Waals surface area contributed by atoms with Crippen molar-refractivity contribution in [1.29, 1.82) is 0 Å². The van der Waals surface area contributed by atoms with Crippen LogP contribution < -0.4 is 0 Å². The number of carbonyl (C=O) groups is 1. The maximum Gasteiger partial charge on any atom is 0.273 e. The molecule has 4 heterocycles. The Balaban J connectivity index is 1.50. The Labute approximate surface area is 137 Å². The third kappa shape index (κ3) is 2.79. The molecule has 3 aromatic heterocycles. The smallest absolute Gasteiger partial charge is 0.273 e. The number of hydrogen-bond donors (Lipinski definition) is 0. The van der Waals surface area contributed by atoms with E-state index < -0.39 is 0 Å². The molecular weight excluding hydrogens is 312 g/mol. The van der Waals surface area contributed by atoms with Crippen molar-refractivity contribution in [2.75, 3.05) is 13.1 Å². The third-order valence-electron chi connectivity index (χ3n) is 4.04. The summed E-state index contributed by atoms with van der Waals surface area (Å²) in [5.74, 6) is 0.679. The van der Waals surface area contributed by atoms with Crippen molar-refractivity contribution in [3.8, 4) is 10.8 Å². The molecule has 23 heavy (non-hydrogen) atoms. The van der Waals surface area contributed by atoms with Crippen molar-refractivity contribution < 1.29 is 9.21 Å². The summed E-state index contributed by atoms with van der Waals surface area (Å²) in [6.07, 6.45) is 7.36. The Hall–Kier alpha value is -2.41. The lowest BCUT2D eigenvalue weighted by Gasteiger charge is -2.32. The molecule has 7 heteroatoms. The van der Waals surface area contributed by atoms with E-state index in [1.807, 2.05) is 34.0 Å². The number of nitrogens with zero attached hydrogens (tertiary/aromatic N) is 4. The van der Waals surface area contributed by atoms with Crippen molar-refractivity contribution in [3.05, 3.63) is 47.9 Å².